The van der Waals surface area contributed by atoms with Gasteiger partial charge in [-0.3, -0.25) is 0 Å². The maximum Gasteiger partial charge on any atom is 0.445 e. The molecule has 106 valence electrons. The van der Waals surface area contributed by atoms with Crippen molar-refractivity contribution in [2.45, 2.75) is 18.5 Å². The summed E-state index contributed by atoms with van der Waals surface area (Å²) in [5.74, 6) is -7.57. The molecule has 0 aliphatic heterocycles. The molecule has 0 atom stereocenters. The molecule has 0 aliphatic rings. The Bertz CT molecular complexity index is 360. The number of hydrogen-bond acceptors (Lipinski definition) is 0. The first kappa shape index (κ1) is 16.7. The molecule has 0 aromatic carbocycles. The Kier molecular flexibility index (Phi) is 4.42. The Balaban J connectivity index is 5.89. The van der Waals surface area contributed by atoms with Crippen molar-refractivity contribution in [1.29, 1.82) is 0 Å². The van der Waals surface area contributed by atoms with Gasteiger partial charge >= 0.3 is 18.5 Å². The van der Waals surface area contributed by atoms with Crippen molar-refractivity contribution in [3.8, 4) is 0 Å². The zero-order chi connectivity index (χ0) is 14.9. The summed E-state index contributed by atoms with van der Waals surface area (Å²) in [6.07, 6.45) is -19.9. The lowest BCUT2D eigenvalue weighted by atomic mass is 10.2. The van der Waals surface area contributed by atoms with E-state index in [2.05, 4.69) is 0 Å². The average molecular weight is 294 g/mol. The maximum absolute atomic E-state index is 12.5. The van der Waals surface area contributed by atoms with Crippen LogP contribution in [0.1, 0.15) is 0 Å². The van der Waals surface area contributed by atoms with E-state index in [4.69, 9.17) is 0 Å². The third-order valence-electron chi connectivity index (χ3n) is 1.29. The number of halogens is 11. The number of rotatable bonds is 1. The van der Waals surface area contributed by atoms with Crippen LogP contribution in [0.3, 0.4) is 0 Å². The van der Waals surface area contributed by atoms with Gasteiger partial charge in [-0.2, -0.15) is 43.9 Å². The fraction of sp³-hybridized carbons (Fsp3) is 0.429. The van der Waals surface area contributed by atoms with Gasteiger partial charge in [0.05, 0.1) is 5.57 Å². The van der Waals surface area contributed by atoms with Crippen molar-refractivity contribution in [2.24, 2.45) is 0 Å². The van der Waals surface area contributed by atoms with Crippen molar-refractivity contribution < 1.29 is 48.3 Å². The van der Waals surface area contributed by atoms with Crippen molar-refractivity contribution in [3.63, 3.8) is 0 Å². The smallest absolute Gasteiger partial charge is 0.203 e. The summed E-state index contributed by atoms with van der Waals surface area (Å²) in [7, 11) is 0. The minimum Gasteiger partial charge on any atom is -0.203 e. The van der Waals surface area contributed by atoms with Gasteiger partial charge in [0.2, 0.25) is 5.83 Å². The van der Waals surface area contributed by atoms with Crippen molar-refractivity contribution in [3.05, 3.63) is 23.3 Å². The summed E-state index contributed by atoms with van der Waals surface area (Å²) in [4.78, 5) is 0. The SMILES string of the molecule is FC(/C(=C/C(F)(F)F)C(F)(F)F)=C(/F)C(F)(F)F. The zero-order valence-corrected chi connectivity index (χ0v) is 7.73. The molecule has 0 radical (unpaired) electrons. The zero-order valence-electron chi connectivity index (χ0n) is 7.73. The molecule has 0 saturated heterocycles. The van der Waals surface area contributed by atoms with Crippen LogP contribution in [-0.4, -0.2) is 18.5 Å². The molecule has 0 fully saturated rings. The van der Waals surface area contributed by atoms with Gasteiger partial charge in [0.25, 0.3) is 0 Å². The van der Waals surface area contributed by atoms with E-state index in [0.29, 0.717) is 0 Å². The van der Waals surface area contributed by atoms with Crippen LogP contribution < -0.4 is 0 Å². The van der Waals surface area contributed by atoms with Crippen LogP contribution in [0.25, 0.3) is 0 Å². The lowest BCUT2D eigenvalue weighted by Crippen LogP contribution is -2.20. The van der Waals surface area contributed by atoms with Crippen LogP contribution in [0, 0.1) is 0 Å². The highest BCUT2D eigenvalue weighted by Crippen LogP contribution is 2.40. The second-order valence-electron chi connectivity index (χ2n) is 2.72. The summed E-state index contributed by atoms with van der Waals surface area (Å²) in [5, 5.41) is 0. The third kappa shape index (κ3) is 4.92. The van der Waals surface area contributed by atoms with E-state index in [1.54, 1.807) is 0 Å². The highest BCUT2D eigenvalue weighted by Gasteiger charge is 2.47. The van der Waals surface area contributed by atoms with Gasteiger partial charge in [-0.05, 0) is 0 Å². The molecule has 0 aliphatic carbocycles. The Morgan fingerprint density at radius 3 is 1.28 bits per heavy atom. The van der Waals surface area contributed by atoms with E-state index in [0.717, 1.165) is 0 Å². The van der Waals surface area contributed by atoms with Crippen LogP contribution in [0.5, 0.6) is 0 Å². The summed E-state index contributed by atoms with van der Waals surface area (Å²) in [5.41, 5.74) is -3.40. The van der Waals surface area contributed by atoms with Crippen LogP contribution in [-0.2, 0) is 0 Å². The standard InChI is InChI=1S/C7HF11/c8-3(4(9)7(16,17)18)2(6(13,14)15)1-5(10,11)12/h1H/b2-1-,4-3+. The minimum atomic E-state index is -6.17. The lowest BCUT2D eigenvalue weighted by molar-refractivity contribution is -0.117. The van der Waals surface area contributed by atoms with E-state index in [1.165, 1.54) is 0 Å². The summed E-state index contributed by atoms with van der Waals surface area (Å²) >= 11 is 0. The Hall–Kier alpha value is -1.29. The van der Waals surface area contributed by atoms with Crippen molar-refractivity contribution >= 4 is 0 Å². The molecule has 0 aromatic heterocycles. The fourth-order valence-electron chi connectivity index (χ4n) is 0.676. The first-order chi connectivity index (χ1) is 7.66. The van der Waals surface area contributed by atoms with E-state index in [-0.39, 0.29) is 0 Å². The molecule has 0 rings (SSSR count). The number of hydrogen-bond donors (Lipinski definition) is 0. The largest absolute Gasteiger partial charge is 0.445 e. The first-order valence-corrected chi connectivity index (χ1v) is 3.66. The molecule has 0 nitrogen and oxygen atoms in total. The van der Waals surface area contributed by atoms with Gasteiger partial charge < -0.3 is 0 Å². The monoisotopic (exact) mass is 294 g/mol. The summed E-state index contributed by atoms with van der Waals surface area (Å²) < 4.78 is 130. The van der Waals surface area contributed by atoms with Gasteiger partial charge in [0.15, 0.2) is 5.83 Å². The van der Waals surface area contributed by atoms with Crippen LogP contribution in [0.4, 0.5) is 48.3 Å². The van der Waals surface area contributed by atoms with Crippen molar-refractivity contribution in [1.82, 2.24) is 0 Å². The van der Waals surface area contributed by atoms with Gasteiger partial charge in [0, 0.05) is 6.08 Å². The van der Waals surface area contributed by atoms with E-state index in [1.807, 2.05) is 0 Å². The van der Waals surface area contributed by atoms with Gasteiger partial charge in [-0.1, -0.05) is 0 Å². The van der Waals surface area contributed by atoms with Crippen LogP contribution in [0.15, 0.2) is 23.3 Å². The summed E-state index contributed by atoms with van der Waals surface area (Å²) in [6, 6.07) is 0. The highest BCUT2D eigenvalue weighted by molar-refractivity contribution is 5.34. The Labute approximate surface area is 91.4 Å². The molecule has 0 saturated carbocycles. The number of alkyl halides is 9. The predicted molar refractivity (Wildman–Crippen MR) is 35.5 cm³/mol. The Morgan fingerprint density at radius 1 is 0.667 bits per heavy atom. The molecule has 0 unspecified atom stereocenters. The highest BCUT2D eigenvalue weighted by atomic mass is 19.4. The van der Waals surface area contributed by atoms with Gasteiger partial charge in [0.1, 0.15) is 0 Å². The molecule has 0 amide bonds. The van der Waals surface area contributed by atoms with Crippen LogP contribution in [0.2, 0.25) is 0 Å². The second kappa shape index (κ2) is 4.76. The molecule has 0 heterocycles. The summed E-state index contributed by atoms with van der Waals surface area (Å²) in [6.45, 7) is 0. The van der Waals surface area contributed by atoms with Gasteiger partial charge in [-0.25, -0.2) is 4.39 Å². The molecule has 0 spiro atoms. The molecule has 18 heavy (non-hydrogen) atoms. The fourth-order valence-corrected chi connectivity index (χ4v) is 0.676. The number of allylic oxidation sites excluding steroid dienone is 4. The van der Waals surface area contributed by atoms with E-state index in [9.17, 15) is 48.3 Å². The normalized spacial score (nSPS) is 16.7. The maximum atomic E-state index is 12.5. The van der Waals surface area contributed by atoms with E-state index < -0.39 is 41.8 Å². The van der Waals surface area contributed by atoms with Gasteiger partial charge in [-0.15, -0.1) is 0 Å². The molecule has 0 bridgehead atoms. The van der Waals surface area contributed by atoms with E-state index >= 15 is 0 Å². The average Bonchev–Trinajstić information content (AvgIpc) is 2.07. The van der Waals surface area contributed by atoms with Crippen LogP contribution >= 0.6 is 0 Å². The molecule has 0 N–H and O–H groups in total. The minimum absolute atomic E-state index is 1.80. The van der Waals surface area contributed by atoms with Crippen molar-refractivity contribution in [2.75, 3.05) is 0 Å². The lowest BCUT2D eigenvalue weighted by Gasteiger charge is -2.13. The predicted octanol–water partition coefficient (Wildman–Crippen LogP) is 4.75. The molecule has 0 aromatic rings. The molecular formula is C7HF11. The molecule has 11 heteroatoms. The molecular weight excluding hydrogens is 293 g/mol. The third-order valence-corrected chi connectivity index (χ3v) is 1.29. The quantitative estimate of drug-likeness (QED) is 0.483. The first-order valence-electron chi connectivity index (χ1n) is 3.66. The Morgan fingerprint density at radius 2 is 1.06 bits per heavy atom. The topological polar surface area (TPSA) is 0 Å². The second-order valence-corrected chi connectivity index (χ2v) is 2.72.